The zero-order chi connectivity index (χ0) is 27.2. The minimum absolute atomic E-state index is 0.136. The zero-order valence-electron chi connectivity index (χ0n) is 20.3. The van der Waals surface area contributed by atoms with Crippen LogP contribution in [0.3, 0.4) is 0 Å². The number of aliphatic hydroxyl groups excluding tert-OH is 7. The molecule has 14 N–H and O–H groups in total. The number of fused-ring (bicyclic) bond motifs is 1. The first-order valence-electron chi connectivity index (χ1n) is 12.4. The number of rotatable bonds is 6. The second-order valence-electron chi connectivity index (χ2n) is 10.2. The summed E-state index contributed by atoms with van der Waals surface area (Å²) < 4.78 is 29.0. The number of nitrogens with one attached hydrogen (secondary N) is 1. The van der Waals surface area contributed by atoms with Crippen LogP contribution in [0.2, 0.25) is 0 Å². The molecule has 0 spiro atoms. The van der Waals surface area contributed by atoms with Gasteiger partial charge in [-0.3, -0.25) is 0 Å². The molecule has 0 unspecified atom stereocenters. The Morgan fingerprint density at radius 1 is 0.703 bits per heavy atom. The van der Waals surface area contributed by atoms with Gasteiger partial charge in [-0.15, -0.1) is 0 Å². The molecule has 4 fully saturated rings. The molecule has 3 aliphatic heterocycles. The smallest absolute Gasteiger partial charge is 0.189 e. The van der Waals surface area contributed by atoms with Gasteiger partial charge < -0.3 is 81.9 Å². The molecule has 0 bridgehead atoms. The fourth-order valence-corrected chi connectivity index (χ4v) is 5.41. The second-order valence-corrected chi connectivity index (χ2v) is 10.2. The van der Waals surface area contributed by atoms with Crippen LogP contribution >= 0.6 is 0 Å². The monoisotopic (exact) mass is 540 g/mol. The molecule has 4 aliphatic rings. The van der Waals surface area contributed by atoms with Crippen molar-refractivity contribution in [3.8, 4) is 0 Å². The molecule has 37 heavy (non-hydrogen) atoms. The van der Waals surface area contributed by atoms with Crippen molar-refractivity contribution in [3.63, 3.8) is 0 Å². The topological polar surface area (TPSA) is 278 Å². The molecule has 3 heterocycles. The second kappa shape index (κ2) is 11.8. The summed E-state index contributed by atoms with van der Waals surface area (Å²) in [5, 5.41) is 74.3. The lowest BCUT2D eigenvalue weighted by Gasteiger charge is -2.51. The number of ether oxygens (including phenoxy) is 5. The van der Waals surface area contributed by atoms with Crippen LogP contribution in [0.15, 0.2) is 0 Å². The lowest BCUT2D eigenvalue weighted by molar-refractivity contribution is -0.378. The number of nitrogens with two attached hydrogens (primary N) is 3. The highest BCUT2D eigenvalue weighted by Gasteiger charge is 2.54. The summed E-state index contributed by atoms with van der Waals surface area (Å²) in [6, 6.07) is -3.08. The Kier molecular flexibility index (Phi) is 9.40. The molecule has 3 saturated heterocycles. The quantitative estimate of drug-likeness (QED) is 0.149. The van der Waals surface area contributed by atoms with E-state index in [4.69, 9.17) is 40.9 Å². The van der Waals surface area contributed by atoms with Crippen molar-refractivity contribution in [1.29, 1.82) is 0 Å². The number of aliphatic hydroxyl groups is 7. The highest BCUT2D eigenvalue weighted by Crippen LogP contribution is 2.35. The van der Waals surface area contributed by atoms with E-state index in [9.17, 15) is 35.7 Å². The van der Waals surface area contributed by atoms with E-state index < -0.39 is 111 Å². The largest absolute Gasteiger partial charge is 0.394 e. The maximum absolute atomic E-state index is 11.1. The average molecular weight is 541 g/mol. The summed E-state index contributed by atoms with van der Waals surface area (Å²) in [4.78, 5) is 0. The Labute approximate surface area is 213 Å². The molecule has 16 nitrogen and oxygen atoms in total. The van der Waals surface area contributed by atoms with Crippen LogP contribution in [-0.2, 0) is 23.7 Å². The van der Waals surface area contributed by atoms with Crippen molar-refractivity contribution >= 4 is 0 Å². The highest BCUT2D eigenvalue weighted by molar-refractivity contribution is 5.01. The van der Waals surface area contributed by atoms with Gasteiger partial charge in [-0.25, -0.2) is 0 Å². The van der Waals surface area contributed by atoms with E-state index in [1.54, 1.807) is 0 Å². The SMILES string of the molecule is CN[C@@H]1[C@@H](O[C@H]2O[C@H](CO)[C@@H](O)[C@H](O)[C@H]2O)O[C@H]2C[C@@H](N)[C@@H](O[C@H]3[C@H](O)[C@@H](O)[C@H](N)C[C@@H]3N)O[C@@H]2[C@@H]1O. The number of hydrogen-bond donors (Lipinski definition) is 11. The lowest BCUT2D eigenvalue weighted by Crippen LogP contribution is -2.70. The third kappa shape index (κ3) is 5.66. The Bertz CT molecular complexity index is 754. The van der Waals surface area contributed by atoms with Crippen molar-refractivity contribution in [1.82, 2.24) is 5.32 Å². The van der Waals surface area contributed by atoms with E-state index in [-0.39, 0.29) is 12.8 Å². The molecule has 0 amide bonds. The molecule has 216 valence electrons. The maximum atomic E-state index is 11.1. The van der Waals surface area contributed by atoms with Gasteiger partial charge in [0.2, 0.25) is 0 Å². The Hall–Kier alpha value is -0.640. The average Bonchev–Trinajstić information content (AvgIpc) is 2.86. The van der Waals surface area contributed by atoms with Gasteiger partial charge in [-0.1, -0.05) is 0 Å². The molecule has 0 aromatic rings. The molecule has 4 rings (SSSR count). The highest BCUT2D eigenvalue weighted by atomic mass is 16.8. The Morgan fingerprint density at radius 3 is 2.05 bits per heavy atom. The van der Waals surface area contributed by atoms with E-state index in [1.165, 1.54) is 7.05 Å². The van der Waals surface area contributed by atoms with Crippen molar-refractivity contribution in [2.75, 3.05) is 13.7 Å². The van der Waals surface area contributed by atoms with Crippen molar-refractivity contribution < 1.29 is 59.4 Å². The maximum Gasteiger partial charge on any atom is 0.189 e. The van der Waals surface area contributed by atoms with Crippen LogP contribution in [0.4, 0.5) is 0 Å². The van der Waals surface area contributed by atoms with Crippen LogP contribution in [0.5, 0.6) is 0 Å². The van der Waals surface area contributed by atoms with E-state index in [1.807, 2.05) is 0 Å². The van der Waals surface area contributed by atoms with Crippen molar-refractivity contribution in [3.05, 3.63) is 0 Å². The zero-order valence-corrected chi connectivity index (χ0v) is 20.3. The van der Waals surface area contributed by atoms with Crippen LogP contribution in [0, 0.1) is 0 Å². The summed E-state index contributed by atoms with van der Waals surface area (Å²) in [5.41, 5.74) is 18.2. The first kappa shape index (κ1) is 29.3. The van der Waals surface area contributed by atoms with E-state index in [0.717, 1.165) is 0 Å². The van der Waals surface area contributed by atoms with Crippen molar-refractivity contribution in [2.24, 2.45) is 17.2 Å². The number of hydrogen-bond acceptors (Lipinski definition) is 16. The van der Waals surface area contributed by atoms with Gasteiger partial charge in [0, 0.05) is 12.1 Å². The van der Waals surface area contributed by atoms with E-state index in [2.05, 4.69) is 5.32 Å². The molecule has 0 aromatic heterocycles. The fourth-order valence-electron chi connectivity index (χ4n) is 5.41. The van der Waals surface area contributed by atoms with Gasteiger partial charge in [-0.05, 0) is 19.9 Å². The van der Waals surface area contributed by atoms with Gasteiger partial charge in [0.05, 0.1) is 30.9 Å². The summed E-state index contributed by atoms with van der Waals surface area (Å²) in [6.07, 6.45) is -16.1. The summed E-state index contributed by atoms with van der Waals surface area (Å²) in [6.45, 7) is -0.633. The Morgan fingerprint density at radius 2 is 1.41 bits per heavy atom. The summed E-state index contributed by atoms with van der Waals surface area (Å²) in [7, 11) is 1.53. The van der Waals surface area contributed by atoms with Crippen LogP contribution in [0.1, 0.15) is 12.8 Å². The molecule has 0 aromatic carbocycles. The third-order valence-electron chi connectivity index (χ3n) is 7.65. The summed E-state index contributed by atoms with van der Waals surface area (Å²) in [5.74, 6) is 0. The van der Waals surface area contributed by atoms with Gasteiger partial charge >= 0.3 is 0 Å². The van der Waals surface area contributed by atoms with E-state index >= 15 is 0 Å². The predicted octanol–water partition coefficient (Wildman–Crippen LogP) is -6.92. The third-order valence-corrected chi connectivity index (χ3v) is 7.65. The van der Waals surface area contributed by atoms with Gasteiger partial charge in [0.15, 0.2) is 18.9 Å². The normalized spacial score (nSPS) is 55.1. The Balaban J connectivity index is 1.43. The molecular formula is C21H40N4O12. The fraction of sp³-hybridized carbons (Fsp3) is 1.00. The first-order valence-corrected chi connectivity index (χ1v) is 12.4. The minimum Gasteiger partial charge on any atom is -0.394 e. The molecule has 0 radical (unpaired) electrons. The summed E-state index contributed by atoms with van der Waals surface area (Å²) >= 11 is 0. The van der Waals surface area contributed by atoms with Gasteiger partial charge in [-0.2, -0.15) is 0 Å². The molecule has 17 atom stereocenters. The van der Waals surface area contributed by atoms with Crippen molar-refractivity contribution in [2.45, 2.75) is 117 Å². The molecular weight excluding hydrogens is 500 g/mol. The van der Waals surface area contributed by atoms with Crippen LogP contribution in [-0.4, -0.2) is 153 Å². The molecule has 1 aliphatic carbocycles. The first-order chi connectivity index (χ1) is 17.5. The number of likely N-dealkylation sites (N-methyl/N-ethyl adjacent to an activating group) is 1. The van der Waals surface area contributed by atoms with Gasteiger partial charge in [0.1, 0.15) is 48.8 Å². The standard InChI is InChI=1S/C21H40N4O12/c1-25-10-13(29)18-8(33-20(10)37-21-16(32)14(30)12(28)9(4-26)34-21)3-7(24)19(36-18)35-17-6(23)2-5(22)11(27)15(17)31/h5-21,25-32H,2-4,22-24H2,1H3/t5-,6+,7-,8+,9-,10+,11+,12-,13-,14+,15-,16-,17-,18+,19+,20-,21-/m1/s1. The minimum atomic E-state index is -1.66. The van der Waals surface area contributed by atoms with Gasteiger partial charge in [0.25, 0.3) is 0 Å². The van der Waals surface area contributed by atoms with E-state index in [0.29, 0.717) is 0 Å². The van der Waals surface area contributed by atoms with Crippen LogP contribution < -0.4 is 22.5 Å². The molecule has 16 heteroatoms. The lowest BCUT2D eigenvalue weighted by atomic mass is 9.84. The predicted molar refractivity (Wildman–Crippen MR) is 121 cm³/mol. The molecule has 1 saturated carbocycles. The van der Waals surface area contributed by atoms with Crippen LogP contribution in [0.25, 0.3) is 0 Å².